The first-order valence-corrected chi connectivity index (χ1v) is 21.9. The van der Waals surface area contributed by atoms with Crippen LogP contribution in [0.4, 0.5) is 0 Å². The summed E-state index contributed by atoms with van der Waals surface area (Å²) >= 11 is 0. The Morgan fingerprint density at radius 2 is 1.58 bits per heavy atom. The van der Waals surface area contributed by atoms with E-state index in [0.29, 0.717) is 25.5 Å². The highest BCUT2D eigenvalue weighted by Gasteiger charge is 2.54. The van der Waals surface area contributed by atoms with Crippen LogP contribution in [0.5, 0.6) is 0 Å². The summed E-state index contributed by atoms with van der Waals surface area (Å²) < 4.78 is 45.1. The number of cyclic esters (lactones) is 1. The fourth-order valence-corrected chi connectivity index (χ4v) is 9.96. The maximum atomic E-state index is 14.4. The van der Waals surface area contributed by atoms with Crippen molar-refractivity contribution in [2.45, 2.75) is 192 Å². The minimum atomic E-state index is -1.80. The van der Waals surface area contributed by atoms with Crippen LogP contribution < -0.4 is 0 Å². The number of aliphatic imine (C=N–C) groups is 1. The lowest BCUT2D eigenvalue weighted by Gasteiger charge is -2.48. The number of rotatable bonds is 8. The van der Waals surface area contributed by atoms with Crippen molar-refractivity contribution in [3.05, 3.63) is 35.9 Å². The summed E-state index contributed by atoms with van der Waals surface area (Å²) in [5.41, 5.74) is -3.33. The first-order chi connectivity index (χ1) is 28.0. The van der Waals surface area contributed by atoms with Crippen LogP contribution in [0.3, 0.4) is 0 Å². The third-order valence-corrected chi connectivity index (χ3v) is 13.8. The van der Waals surface area contributed by atoms with Crippen LogP contribution in [0, 0.1) is 17.8 Å². The molecule has 15 heteroatoms. The third kappa shape index (κ3) is 10.5. The van der Waals surface area contributed by atoms with Crippen LogP contribution in [-0.4, -0.2) is 160 Å². The van der Waals surface area contributed by atoms with Gasteiger partial charge in [0.2, 0.25) is 0 Å². The smallest absolute Gasteiger partial charge is 0.311 e. The number of aliphatic hydroxyl groups excluding tert-OH is 2. The Kier molecular flexibility index (Phi) is 15.8. The van der Waals surface area contributed by atoms with Crippen molar-refractivity contribution >= 4 is 12.0 Å². The molecule has 342 valence electrons. The number of ether oxygens (including phenoxy) is 7. The summed E-state index contributed by atoms with van der Waals surface area (Å²) in [6.45, 7) is 18.8. The van der Waals surface area contributed by atoms with Gasteiger partial charge in [-0.15, -0.1) is 0 Å². The topological polar surface area (TPSA) is 181 Å². The lowest BCUT2D eigenvalue weighted by atomic mass is 9.77. The Morgan fingerprint density at radius 1 is 0.917 bits per heavy atom. The molecule has 4 fully saturated rings. The largest absolute Gasteiger partial charge is 0.459 e. The molecule has 4 aliphatic rings. The number of amidine groups is 1. The zero-order valence-corrected chi connectivity index (χ0v) is 38.2. The number of hydrogen-bond donors (Lipinski definition) is 4. The third-order valence-electron chi connectivity index (χ3n) is 13.8. The Bertz CT molecular complexity index is 1580. The molecule has 0 saturated carbocycles. The van der Waals surface area contributed by atoms with Crippen molar-refractivity contribution in [3.63, 3.8) is 0 Å². The van der Waals surface area contributed by atoms with Gasteiger partial charge in [-0.05, 0) is 86.3 Å². The van der Waals surface area contributed by atoms with E-state index in [-0.39, 0.29) is 37.3 Å². The van der Waals surface area contributed by atoms with E-state index in [1.54, 1.807) is 34.6 Å². The molecule has 18 atom stereocenters. The van der Waals surface area contributed by atoms with Gasteiger partial charge in [0.25, 0.3) is 6.02 Å². The van der Waals surface area contributed by atoms with Crippen molar-refractivity contribution in [2.75, 3.05) is 27.7 Å². The molecule has 5 rings (SSSR count). The van der Waals surface area contributed by atoms with E-state index in [0.717, 1.165) is 5.56 Å². The molecule has 15 nitrogen and oxygen atoms in total. The standard InChI is InChI=1S/C45H75N3O12/c1-14-33-45(10,53)37(49)29(6)47(11)24-25(2)21-43(8,52)39(27(4)35(28(5)40(51)57-33)58-34-22-44(9,54-13)38(50)30(7)56-34)60-41-36-32(20-26(3)55-41)48(12)42(59-36)46-23-31-18-16-15-17-19-31/h15-19,25-30,32-39,41,49-50,52-53H,14,20-24H2,1-13H3/t25-,26-,27+,28-,29-,30+,32+,33-,34+,35+,36-,37-,38+,39-,41+,43-,44-,45-/m1/s1. The summed E-state index contributed by atoms with van der Waals surface area (Å²) in [4.78, 5) is 23.2. The highest BCUT2D eigenvalue weighted by Crippen LogP contribution is 2.41. The fourth-order valence-electron chi connectivity index (χ4n) is 9.96. The van der Waals surface area contributed by atoms with Gasteiger partial charge in [-0.25, -0.2) is 4.99 Å². The Balaban J connectivity index is 1.56. The Labute approximate surface area is 357 Å². The SMILES string of the molecule is CC[C@H]1OC(=O)[C@H](C)[C@@H](O[C@H]2C[C@@](C)(OC)[C@@H](O)[C@H](C)O2)[C@H](C)[C@@H](O[C@@H]2O[C@H](C)C[C@H]3[C@H]2OC(=NCc2ccccc2)N3C)[C@](C)(O)C[C@@H](C)CN(C)[C@H](C)[C@@H](O)[C@]1(C)O. The quantitative estimate of drug-likeness (QED) is 0.277. The molecule has 4 aliphatic heterocycles. The van der Waals surface area contributed by atoms with Gasteiger partial charge in [-0.1, -0.05) is 51.1 Å². The van der Waals surface area contributed by atoms with Gasteiger partial charge in [0.1, 0.15) is 23.9 Å². The summed E-state index contributed by atoms with van der Waals surface area (Å²) in [5, 5.41) is 47.3. The van der Waals surface area contributed by atoms with E-state index in [4.69, 9.17) is 38.2 Å². The number of carbonyl (C=O) groups excluding carboxylic acids is 1. The van der Waals surface area contributed by atoms with Gasteiger partial charge in [0.05, 0.1) is 54.1 Å². The first-order valence-electron chi connectivity index (χ1n) is 21.9. The highest BCUT2D eigenvalue weighted by molar-refractivity contribution is 5.76. The van der Waals surface area contributed by atoms with Gasteiger partial charge < -0.3 is 63.4 Å². The number of nitrogens with zero attached hydrogens (tertiary/aromatic N) is 3. The second-order valence-electron chi connectivity index (χ2n) is 19.0. The molecule has 0 aromatic heterocycles. The number of likely N-dealkylation sites (N-methyl/N-ethyl adjacent to an activating group) is 2. The van der Waals surface area contributed by atoms with Gasteiger partial charge >= 0.3 is 5.97 Å². The zero-order valence-electron chi connectivity index (χ0n) is 38.2. The van der Waals surface area contributed by atoms with E-state index in [1.165, 1.54) is 14.0 Å². The number of carbonyl (C=O) groups is 1. The number of fused-ring (bicyclic) bond motifs is 1. The monoisotopic (exact) mass is 850 g/mol. The molecule has 1 aromatic rings. The number of aliphatic hydroxyl groups is 4. The summed E-state index contributed by atoms with van der Waals surface area (Å²) in [5.74, 6) is -2.54. The second kappa shape index (κ2) is 19.5. The summed E-state index contributed by atoms with van der Waals surface area (Å²) in [7, 11) is 5.34. The number of hydrogen-bond acceptors (Lipinski definition) is 14. The first kappa shape index (κ1) is 48.6. The summed E-state index contributed by atoms with van der Waals surface area (Å²) in [6, 6.07) is 9.74. The van der Waals surface area contributed by atoms with E-state index in [9.17, 15) is 25.2 Å². The minimum Gasteiger partial charge on any atom is -0.459 e. The summed E-state index contributed by atoms with van der Waals surface area (Å²) in [6.07, 6.45) is -7.41. The van der Waals surface area contributed by atoms with Crippen molar-refractivity contribution in [1.29, 1.82) is 0 Å². The van der Waals surface area contributed by atoms with Crippen LogP contribution in [0.2, 0.25) is 0 Å². The zero-order chi connectivity index (χ0) is 44.5. The van der Waals surface area contributed by atoms with Gasteiger partial charge in [-0.3, -0.25) is 4.79 Å². The van der Waals surface area contributed by atoms with Gasteiger partial charge in [-0.2, -0.15) is 0 Å². The molecule has 4 saturated heterocycles. The van der Waals surface area contributed by atoms with Crippen LogP contribution in [0.1, 0.15) is 100 Å². The molecular weight excluding hydrogens is 775 g/mol. The maximum Gasteiger partial charge on any atom is 0.311 e. The lowest BCUT2D eigenvalue weighted by molar-refractivity contribution is -0.313. The molecule has 0 unspecified atom stereocenters. The molecular formula is C45H75N3O12. The number of benzene rings is 1. The van der Waals surface area contributed by atoms with Crippen LogP contribution in [0.25, 0.3) is 0 Å². The normalized spacial score (nSPS) is 46.0. The second-order valence-corrected chi connectivity index (χ2v) is 19.0. The van der Waals surface area contributed by atoms with E-state index in [1.807, 2.05) is 81.9 Å². The van der Waals surface area contributed by atoms with Gasteiger partial charge in [0.15, 0.2) is 18.7 Å². The molecule has 0 radical (unpaired) electrons. The van der Waals surface area contributed by atoms with Crippen molar-refractivity contribution in [1.82, 2.24) is 9.80 Å². The molecule has 4 N–H and O–H groups in total. The maximum absolute atomic E-state index is 14.4. The average molecular weight is 850 g/mol. The Morgan fingerprint density at radius 3 is 2.22 bits per heavy atom. The molecule has 1 aromatic carbocycles. The van der Waals surface area contributed by atoms with E-state index < -0.39 is 96.0 Å². The minimum absolute atomic E-state index is 0.133. The average Bonchev–Trinajstić information content (AvgIpc) is 3.51. The van der Waals surface area contributed by atoms with E-state index in [2.05, 4.69) is 0 Å². The molecule has 0 spiro atoms. The Hall–Kier alpha value is -2.44. The molecule has 0 aliphatic carbocycles. The van der Waals surface area contributed by atoms with Crippen molar-refractivity contribution in [2.24, 2.45) is 22.7 Å². The predicted octanol–water partition coefficient (Wildman–Crippen LogP) is 3.87. The van der Waals surface area contributed by atoms with Gasteiger partial charge in [0, 0.05) is 39.1 Å². The van der Waals surface area contributed by atoms with Crippen LogP contribution in [-0.2, 0) is 44.5 Å². The molecule has 0 amide bonds. The highest BCUT2D eigenvalue weighted by atomic mass is 16.7. The number of methoxy groups -OCH3 is 1. The van der Waals surface area contributed by atoms with Crippen molar-refractivity contribution in [3.8, 4) is 0 Å². The molecule has 0 bridgehead atoms. The number of esters is 1. The van der Waals surface area contributed by atoms with E-state index >= 15 is 0 Å². The van der Waals surface area contributed by atoms with Crippen LogP contribution in [0.15, 0.2) is 35.3 Å². The van der Waals surface area contributed by atoms with Crippen LogP contribution >= 0.6 is 0 Å². The molecule has 60 heavy (non-hydrogen) atoms. The fraction of sp³-hybridized carbons (Fsp3) is 0.822. The lowest BCUT2D eigenvalue weighted by Crippen LogP contribution is -2.60. The predicted molar refractivity (Wildman–Crippen MR) is 225 cm³/mol. The van der Waals surface area contributed by atoms with Crippen molar-refractivity contribution < 1.29 is 58.4 Å². The molecule has 4 heterocycles.